The highest BCUT2D eigenvalue weighted by Crippen LogP contribution is 2.32. The molecule has 3 aliphatic rings. The molecule has 2 aromatic carbocycles. The summed E-state index contributed by atoms with van der Waals surface area (Å²) in [5, 5.41) is 4.07. The minimum atomic E-state index is 0.0762. The summed E-state index contributed by atoms with van der Waals surface area (Å²) < 4.78 is 6.12. The third-order valence-corrected chi connectivity index (χ3v) is 6.68. The molecule has 1 aliphatic carbocycles. The van der Waals surface area contributed by atoms with E-state index >= 15 is 0 Å². The van der Waals surface area contributed by atoms with E-state index in [1.54, 1.807) is 0 Å². The first kappa shape index (κ1) is 18.2. The summed E-state index contributed by atoms with van der Waals surface area (Å²) in [6.07, 6.45) is 2.78. The van der Waals surface area contributed by atoms with Crippen LogP contribution in [0, 0.1) is 5.92 Å². The number of morpholine rings is 1. The van der Waals surface area contributed by atoms with Gasteiger partial charge in [-0.3, -0.25) is 9.69 Å². The molecule has 5 heteroatoms. The van der Waals surface area contributed by atoms with Gasteiger partial charge in [-0.2, -0.15) is 0 Å². The maximum atomic E-state index is 12.8. The van der Waals surface area contributed by atoms with Crippen LogP contribution >= 0.6 is 11.6 Å². The van der Waals surface area contributed by atoms with Gasteiger partial charge in [0.15, 0.2) is 0 Å². The molecule has 5 rings (SSSR count). The van der Waals surface area contributed by atoms with Gasteiger partial charge in [0, 0.05) is 36.1 Å². The third kappa shape index (κ3) is 3.57. The third-order valence-electron chi connectivity index (χ3n) is 6.43. The van der Waals surface area contributed by atoms with Gasteiger partial charge >= 0.3 is 0 Å². The zero-order valence-corrected chi connectivity index (χ0v) is 16.6. The van der Waals surface area contributed by atoms with Gasteiger partial charge in [0.2, 0.25) is 5.91 Å². The van der Waals surface area contributed by atoms with Crippen molar-refractivity contribution in [3.63, 3.8) is 0 Å². The van der Waals surface area contributed by atoms with Crippen molar-refractivity contribution >= 4 is 17.5 Å². The van der Waals surface area contributed by atoms with Crippen LogP contribution < -0.4 is 5.32 Å². The predicted octanol–water partition coefficient (Wildman–Crippen LogP) is 3.39. The summed E-state index contributed by atoms with van der Waals surface area (Å²) in [5.41, 5.74) is 3.82. The quantitative estimate of drug-likeness (QED) is 0.864. The fraction of sp³-hybridized carbons (Fsp3) is 0.435. The fourth-order valence-corrected chi connectivity index (χ4v) is 5.05. The molecule has 1 N–H and O–H groups in total. The summed E-state index contributed by atoms with van der Waals surface area (Å²) in [5.74, 6) is 0.282. The van der Waals surface area contributed by atoms with Crippen molar-refractivity contribution in [2.75, 3.05) is 19.7 Å². The van der Waals surface area contributed by atoms with E-state index in [9.17, 15) is 4.79 Å². The van der Waals surface area contributed by atoms with E-state index in [1.807, 2.05) is 24.3 Å². The van der Waals surface area contributed by atoms with Gasteiger partial charge in [-0.1, -0.05) is 48.0 Å². The maximum Gasteiger partial charge on any atom is 0.224 e. The van der Waals surface area contributed by atoms with Gasteiger partial charge in [-0.05, 0) is 48.1 Å². The second-order valence-corrected chi connectivity index (χ2v) is 8.73. The van der Waals surface area contributed by atoms with E-state index < -0.39 is 0 Å². The van der Waals surface area contributed by atoms with Crippen molar-refractivity contribution in [3.05, 3.63) is 70.2 Å². The van der Waals surface area contributed by atoms with Gasteiger partial charge in [0.25, 0.3) is 0 Å². The summed E-state index contributed by atoms with van der Waals surface area (Å²) >= 11 is 6.00. The molecule has 0 spiro atoms. The Morgan fingerprint density at radius 2 is 1.75 bits per heavy atom. The predicted molar refractivity (Wildman–Crippen MR) is 109 cm³/mol. The summed E-state index contributed by atoms with van der Waals surface area (Å²) in [6.45, 7) is 2.49. The molecule has 2 fully saturated rings. The van der Waals surface area contributed by atoms with E-state index in [0.717, 1.165) is 37.4 Å². The number of carbonyl (C=O) groups excluding carboxylic acids is 1. The number of rotatable bonds is 3. The lowest BCUT2D eigenvalue weighted by molar-refractivity contribution is -0.125. The Balaban J connectivity index is 1.17. The normalized spacial score (nSPS) is 27.4. The van der Waals surface area contributed by atoms with Crippen LogP contribution in [0.15, 0.2) is 48.5 Å². The van der Waals surface area contributed by atoms with Gasteiger partial charge in [0.1, 0.15) is 0 Å². The SMILES string of the molecule is O=C(N[C@H]1C[C@H]2CO[C@@H](c3ccc(Cl)cc3)CN2C1)C1Cc2ccccc2C1. The summed E-state index contributed by atoms with van der Waals surface area (Å²) in [6, 6.07) is 16.9. The van der Waals surface area contributed by atoms with Gasteiger partial charge in [0.05, 0.1) is 12.7 Å². The molecule has 146 valence electrons. The first-order valence-electron chi connectivity index (χ1n) is 10.1. The fourth-order valence-electron chi connectivity index (χ4n) is 4.92. The Morgan fingerprint density at radius 1 is 1.04 bits per heavy atom. The van der Waals surface area contributed by atoms with E-state index in [-0.39, 0.29) is 24.0 Å². The molecule has 0 unspecified atom stereocenters. The van der Waals surface area contributed by atoms with Crippen LogP contribution in [0.3, 0.4) is 0 Å². The van der Waals surface area contributed by atoms with Crippen LogP contribution in [0.1, 0.15) is 29.2 Å². The molecular weight excluding hydrogens is 372 g/mol. The topological polar surface area (TPSA) is 41.6 Å². The molecule has 3 atom stereocenters. The molecule has 0 saturated carbocycles. The van der Waals surface area contributed by atoms with Gasteiger partial charge < -0.3 is 10.1 Å². The Labute approximate surface area is 170 Å². The highest BCUT2D eigenvalue weighted by Gasteiger charge is 2.39. The van der Waals surface area contributed by atoms with Crippen LogP contribution in [-0.2, 0) is 22.4 Å². The molecule has 2 aliphatic heterocycles. The van der Waals surface area contributed by atoms with Crippen molar-refractivity contribution in [1.82, 2.24) is 10.2 Å². The number of benzene rings is 2. The minimum absolute atomic E-state index is 0.0762. The van der Waals surface area contributed by atoms with E-state index in [0.29, 0.717) is 12.6 Å². The molecular formula is C23H25ClN2O2. The van der Waals surface area contributed by atoms with Crippen LogP contribution in [0.4, 0.5) is 0 Å². The van der Waals surface area contributed by atoms with Crippen LogP contribution in [0.25, 0.3) is 0 Å². The number of carbonyl (C=O) groups is 1. The molecule has 28 heavy (non-hydrogen) atoms. The monoisotopic (exact) mass is 396 g/mol. The van der Waals surface area contributed by atoms with Crippen molar-refractivity contribution in [2.24, 2.45) is 5.92 Å². The smallest absolute Gasteiger partial charge is 0.224 e. The number of amides is 1. The van der Waals surface area contributed by atoms with E-state index in [1.165, 1.54) is 16.7 Å². The molecule has 0 bridgehead atoms. The number of ether oxygens (including phenoxy) is 1. The molecule has 0 radical (unpaired) electrons. The molecule has 2 saturated heterocycles. The second kappa shape index (κ2) is 7.51. The van der Waals surface area contributed by atoms with Crippen LogP contribution in [0.2, 0.25) is 5.02 Å². The number of hydrogen-bond acceptors (Lipinski definition) is 3. The lowest BCUT2D eigenvalue weighted by Crippen LogP contribution is -2.43. The van der Waals surface area contributed by atoms with Crippen molar-refractivity contribution in [1.29, 1.82) is 0 Å². The summed E-state index contributed by atoms with van der Waals surface area (Å²) in [7, 11) is 0. The number of hydrogen-bond donors (Lipinski definition) is 1. The van der Waals surface area contributed by atoms with Crippen molar-refractivity contribution < 1.29 is 9.53 Å². The average Bonchev–Trinajstić information content (AvgIpc) is 3.31. The molecule has 1 amide bonds. The first-order chi connectivity index (χ1) is 13.7. The summed E-state index contributed by atoms with van der Waals surface area (Å²) in [4.78, 5) is 15.3. The second-order valence-electron chi connectivity index (χ2n) is 8.30. The Morgan fingerprint density at radius 3 is 2.46 bits per heavy atom. The average molecular weight is 397 g/mol. The van der Waals surface area contributed by atoms with Crippen molar-refractivity contribution in [3.8, 4) is 0 Å². The molecule has 2 aromatic rings. The zero-order chi connectivity index (χ0) is 19.1. The maximum absolute atomic E-state index is 12.8. The lowest BCUT2D eigenvalue weighted by atomic mass is 10.0. The number of fused-ring (bicyclic) bond motifs is 2. The number of nitrogens with one attached hydrogen (secondary N) is 1. The van der Waals surface area contributed by atoms with Gasteiger partial charge in [-0.25, -0.2) is 0 Å². The number of nitrogens with zero attached hydrogens (tertiary/aromatic N) is 1. The van der Waals surface area contributed by atoms with Crippen LogP contribution in [-0.4, -0.2) is 42.6 Å². The molecule has 4 nitrogen and oxygen atoms in total. The first-order valence-corrected chi connectivity index (χ1v) is 10.5. The highest BCUT2D eigenvalue weighted by atomic mass is 35.5. The van der Waals surface area contributed by atoms with E-state index in [4.69, 9.17) is 16.3 Å². The number of halogens is 1. The Bertz CT molecular complexity index is 844. The lowest BCUT2D eigenvalue weighted by Gasteiger charge is -2.35. The Hall–Kier alpha value is -1.88. The van der Waals surface area contributed by atoms with Crippen molar-refractivity contribution in [2.45, 2.75) is 37.5 Å². The standard InChI is InChI=1S/C23H25ClN2O2/c24-19-7-5-15(6-8-19)22-13-26-12-20(11-21(26)14-28-22)25-23(27)18-9-16-3-1-2-4-17(16)10-18/h1-8,18,20-22H,9-14H2,(H,25,27)/t20-,21-,22+/m0/s1. The Kier molecular flexibility index (Phi) is 4.87. The largest absolute Gasteiger partial charge is 0.371 e. The molecule has 0 aromatic heterocycles. The van der Waals surface area contributed by atoms with E-state index in [2.05, 4.69) is 34.5 Å². The zero-order valence-electron chi connectivity index (χ0n) is 15.8. The van der Waals surface area contributed by atoms with Gasteiger partial charge in [-0.15, -0.1) is 0 Å². The van der Waals surface area contributed by atoms with Crippen LogP contribution in [0.5, 0.6) is 0 Å². The highest BCUT2D eigenvalue weighted by molar-refractivity contribution is 6.30. The minimum Gasteiger partial charge on any atom is -0.371 e. The molecule has 2 heterocycles.